The summed E-state index contributed by atoms with van der Waals surface area (Å²) in [6.07, 6.45) is 2.63. The molecule has 15 heavy (non-hydrogen) atoms. The van der Waals surface area contributed by atoms with Gasteiger partial charge in [-0.2, -0.15) is 5.26 Å². The smallest absolute Gasteiger partial charge is 0.0622 e. The Hall–Kier alpha value is -0.850. The second kappa shape index (κ2) is 7.44. The molecule has 2 nitrogen and oxygen atoms in total. The van der Waals surface area contributed by atoms with Crippen LogP contribution in [0.1, 0.15) is 18.4 Å². The summed E-state index contributed by atoms with van der Waals surface area (Å²) in [6.45, 7) is 1.91. The summed E-state index contributed by atoms with van der Waals surface area (Å²) < 4.78 is 1.12. The number of hydrogen-bond acceptors (Lipinski definition) is 2. The van der Waals surface area contributed by atoms with Crippen molar-refractivity contribution < 1.29 is 0 Å². The van der Waals surface area contributed by atoms with Crippen molar-refractivity contribution in [1.82, 2.24) is 5.32 Å². The Balaban J connectivity index is 2.10. The molecule has 0 radical (unpaired) electrons. The van der Waals surface area contributed by atoms with Crippen molar-refractivity contribution in [3.63, 3.8) is 0 Å². The molecule has 0 spiro atoms. The zero-order chi connectivity index (χ0) is 10.9. The molecule has 1 rings (SSSR count). The molecule has 3 heteroatoms. The molecule has 0 atom stereocenters. The highest BCUT2D eigenvalue weighted by molar-refractivity contribution is 9.10. The van der Waals surface area contributed by atoms with E-state index in [0.29, 0.717) is 6.42 Å². The van der Waals surface area contributed by atoms with Crippen LogP contribution in [-0.4, -0.2) is 13.1 Å². The van der Waals surface area contributed by atoms with Gasteiger partial charge in [0.15, 0.2) is 0 Å². The zero-order valence-corrected chi connectivity index (χ0v) is 10.3. The lowest BCUT2D eigenvalue weighted by Gasteiger charge is -2.03. The Labute approximate surface area is 99.4 Å². The number of rotatable bonds is 6. The highest BCUT2D eigenvalue weighted by Crippen LogP contribution is 2.10. The number of nitrogens with one attached hydrogen (secondary N) is 1. The van der Waals surface area contributed by atoms with E-state index in [0.717, 1.165) is 30.4 Å². The van der Waals surface area contributed by atoms with Crippen LogP contribution in [0.2, 0.25) is 0 Å². The molecule has 0 aliphatic heterocycles. The maximum Gasteiger partial charge on any atom is 0.0622 e. The van der Waals surface area contributed by atoms with Crippen molar-refractivity contribution >= 4 is 15.9 Å². The summed E-state index contributed by atoms with van der Waals surface area (Å²) in [5, 5.41) is 11.7. The van der Waals surface area contributed by atoms with E-state index in [2.05, 4.69) is 51.6 Å². The molecule has 0 fully saturated rings. The van der Waals surface area contributed by atoms with Crippen molar-refractivity contribution in [3.8, 4) is 6.07 Å². The molecule has 0 bridgehead atoms. The van der Waals surface area contributed by atoms with Crippen LogP contribution in [0.5, 0.6) is 0 Å². The first-order valence-electron chi connectivity index (χ1n) is 5.15. The van der Waals surface area contributed by atoms with Crippen molar-refractivity contribution in [3.05, 3.63) is 34.3 Å². The summed E-state index contributed by atoms with van der Waals surface area (Å²) in [7, 11) is 0. The fourth-order valence-electron chi connectivity index (χ4n) is 1.30. The largest absolute Gasteiger partial charge is 0.316 e. The Bertz CT molecular complexity index is 313. The summed E-state index contributed by atoms with van der Waals surface area (Å²) in [4.78, 5) is 0. The minimum atomic E-state index is 0.644. The van der Waals surface area contributed by atoms with Gasteiger partial charge in [-0.3, -0.25) is 0 Å². The molecule has 0 unspecified atom stereocenters. The minimum absolute atomic E-state index is 0.644. The molecule has 0 aromatic heterocycles. The molecule has 80 valence electrons. The van der Waals surface area contributed by atoms with Crippen molar-refractivity contribution in [2.75, 3.05) is 13.1 Å². The van der Waals surface area contributed by atoms with Gasteiger partial charge < -0.3 is 5.32 Å². The van der Waals surface area contributed by atoms with Crippen LogP contribution in [0, 0.1) is 11.3 Å². The first kappa shape index (κ1) is 12.2. The van der Waals surface area contributed by atoms with Crippen LogP contribution < -0.4 is 5.32 Å². The fourth-order valence-corrected chi connectivity index (χ4v) is 1.57. The Kier molecular flexibility index (Phi) is 6.06. The molecular weight excluding hydrogens is 252 g/mol. The standard InChI is InChI=1S/C12H15BrN2/c13-12-5-3-11(4-6-12)7-10-15-9-2-1-8-14/h3-6,15H,1-2,7,9-10H2. The van der Waals surface area contributed by atoms with Crippen LogP contribution in [0.4, 0.5) is 0 Å². The number of unbranched alkanes of at least 4 members (excludes halogenated alkanes) is 1. The van der Waals surface area contributed by atoms with Crippen LogP contribution in [-0.2, 0) is 6.42 Å². The lowest BCUT2D eigenvalue weighted by atomic mass is 10.1. The van der Waals surface area contributed by atoms with Gasteiger partial charge in [-0.05, 0) is 43.6 Å². The molecule has 0 heterocycles. The normalized spacial score (nSPS) is 9.87. The van der Waals surface area contributed by atoms with Gasteiger partial charge in [0.25, 0.3) is 0 Å². The summed E-state index contributed by atoms with van der Waals surface area (Å²) in [5.41, 5.74) is 1.34. The van der Waals surface area contributed by atoms with E-state index in [9.17, 15) is 0 Å². The number of nitrogens with zero attached hydrogens (tertiary/aromatic N) is 1. The average molecular weight is 267 g/mol. The zero-order valence-electron chi connectivity index (χ0n) is 8.67. The van der Waals surface area contributed by atoms with E-state index in [1.807, 2.05) is 0 Å². The monoisotopic (exact) mass is 266 g/mol. The Morgan fingerprint density at radius 1 is 1.20 bits per heavy atom. The quantitative estimate of drug-likeness (QED) is 0.804. The van der Waals surface area contributed by atoms with Gasteiger partial charge in [0.2, 0.25) is 0 Å². The predicted molar refractivity (Wildman–Crippen MR) is 65.6 cm³/mol. The molecule has 1 aromatic carbocycles. The van der Waals surface area contributed by atoms with Crippen molar-refractivity contribution in [2.45, 2.75) is 19.3 Å². The third-order valence-corrected chi connectivity index (χ3v) is 2.67. The second-order valence-electron chi connectivity index (χ2n) is 3.39. The molecule has 1 aromatic rings. The molecule has 0 amide bonds. The minimum Gasteiger partial charge on any atom is -0.316 e. The SMILES string of the molecule is N#CCCCNCCc1ccc(Br)cc1. The first-order chi connectivity index (χ1) is 7.33. The molecule has 0 saturated carbocycles. The highest BCUT2D eigenvalue weighted by Gasteiger charge is 1.93. The van der Waals surface area contributed by atoms with Crippen LogP contribution in [0.15, 0.2) is 28.7 Å². The van der Waals surface area contributed by atoms with Crippen molar-refractivity contribution in [1.29, 1.82) is 5.26 Å². The molecular formula is C12H15BrN2. The molecule has 0 aliphatic carbocycles. The third kappa shape index (κ3) is 5.56. The molecule has 0 aliphatic rings. The number of hydrogen-bond donors (Lipinski definition) is 1. The number of halogens is 1. The Morgan fingerprint density at radius 2 is 1.93 bits per heavy atom. The predicted octanol–water partition coefficient (Wildman–Crippen LogP) is 2.88. The van der Waals surface area contributed by atoms with Gasteiger partial charge >= 0.3 is 0 Å². The van der Waals surface area contributed by atoms with Gasteiger partial charge in [-0.1, -0.05) is 28.1 Å². The topological polar surface area (TPSA) is 35.8 Å². The maximum absolute atomic E-state index is 8.34. The van der Waals surface area contributed by atoms with Crippen LogP contribution in [0.25, 0.3) is 0 Å². The van der Waals surface area contributed by atoms with E-state index in [-0.39, 0.29) is 0 Å². The third-order valence-electron chi connectivity index (χ3n) is 2.15. The van der Waals surface area contributed by atoms with Gasteiger partial charge in [0.05, 0.1) is 6.07 Å². The van der Waals surface area contributed by atoms with E-state index < -0.39 is 0 Å². The van der Waals surface area contributed by atoms with Gasteiger partial charge in [-0.15, -0.1) is 0 Å². The molecule has 1 N–H and O–H groups in total. The van der Waals surface area contributed by atoms with Crippen molar-refractivity contribution in [2.24, 2.45) is 0 Å². The van der Waals surface area contributed by atoms with Crippen LogP contribution >= 0.6 is 15.9 Å². The van der Waals surface area contributed by atoms with Gasteiger partial charge in [0.1, 0.15) is 0 Å². The Morgan fingerprint density at radius 3 is 2.60 bits per heavy atom. The first-order valence-corrected chi connectivity index (χ1v) is 5.94. The number of benzene rings is 1. The molecule has 0 saturated heterocycles. The average Bonchev–Trinajstić information content (AvgIpc) is 2.26. The van der Waals surface area contributed by atoms with Gasteiger partial charge in [-0.25, -0.2) is 0 Å². The highest BCUT2D eigenvalue weighted by atomic mass is 79.9. The van der Waals surface area contributed by atoms with E-state index in [1.54, 1.807) is 0 Å². The lowest BCUT2D eigenvalue weighted by molar-refractivity contribution is 0.655. The maximum atomic E-state index is 8.34. The second-order valence-corrected chi connectivity index (χ2v) is 4.30. The van der Waals surface area contributed by atoms with E-state index in [1.165, 1.54) is 5.56 Å². The van der Waals surface area contributed by atoms with Crippen LogP contribution in [0.3, 0.4) is 0 Å². The number of nitriles is 1. The van der Waals surface area contributed by atoms with E-state index in [4.69, 9.17) is 5.26 Å². The van der Waals surface area contributed by atoms with Gasteiger partial charge in [0, 0.05) is 10.9 Å². The summed E-state index contributed by atoms with van der Waals surface area (Å²) in [6, 6.07) is 10.5. The van der Waals surface area contributed by atoms with E-state index >= 15 is 0 Å². The lowest BCUT2D eigenvalue weighted by Crippen LogP contribution is -2.18. The summed E-state index contributed by atoms with van der Waals surface area (Å²) in [5.74, 6) is 0. The fraction of sp³-hybridized carbons (Fsp3) is 0.417. The summed E-state index contributed by atoms with van der Waals surface area (Å²) >= 11 is 3.41.